The van der Waals surface area contributed by atoms with Crippen molar-refractivity contribution in [1.29, 1.82) is 0 Å². The quantitative estimate of drug-likeness (QED) is 0.468. The molecule has 0 N–H and O–H groups in total. The molecule has 6 nitrogen and oxygen atoms in total. The van der Waals surface area contributed by atoms with E-state index in [1.807, 2.05) is 62.4 Å². The second-order valence-corrected chi connectivity index (χ2v) is 7.23. The monoisotopic (exact) mass is 384 g/mol. The first-order chi connectivity index (χ1) is 14.0. The van der Waals surface area contributed by atoms with E-state index >= 15 is 0 Å². The van der Waals surface area contributed by atoms with E-state index in [2.05, 4.69) is 0 Å². The third-order valence-electron chi connectivity index (χ3n) is 5.65. The number of hydrogen-bond donors (Lipinski definition) is 0. The van der Waals surface area contributed by atoms with Gasteiger partial charge in [0.2, 0.25) is 0 Å². The fourth-order valence-corrected chi connectivity index (χ4v) is 4.24. The standard InChI is InChI=1S/C23H20N4O2/c1-4-26-18-12-8-6-10-16(18)22-21(23(26)29)14(2)24-27(22)19-13-20(28)25(3)17-11-7-5-9-15(17)19/h5-13H,4H2,1-3H3. The Hall–Kier alpha value is -3.67. The van der Waals surface area contributed by atoms with Crippen LogP contribution in [0.5, 0.6) is 0 Å². The Labute approximate surface area is 166 Å². The summed E-state index contributed by atoms with van der Waals surface area (Å²) in [5, 5.41) is 7.16. The molecule has 0 bridgehead atoms. The maximum atomic E-state index is 13.3. The van der Waals surface area contributed by atoms with Crippen molar-refractivity contribution < 1.29 is 0 Å². The van der Waals surface area contributed by atoms with Crippen LogP contribution in [0.4, 0.5) is 0 Å². The number of rotatable bonds is 2. The molecule has 144 valence electrons. The maximum Gasteiger partial charge on any atom is 0.262 e. The first-order valence-electron chi connectivity index (χ1n) is 9.63. The third kappa shape index (κ3) is 2.32. The van der Waals surface area contributed by atoms with Gasteiger partial charge in [0.15, 0.2) is 0 Å². The Kier molecular flexibility index (Phi) is 3.71. The zero-order chi connectivity index (χ0) is 20.3. The molecule has 3 heterocycles. The highest BCUT2D eigenvalue weighted by molar-refractivity contribution is 6.06. The summed E-state index contributed by atoms with van der Waals surface area (Å²) in [6.45, 7) is 4.39. The van der Waals surface area contributed by atoms with Gasteiger partial charge in [0.1, 0.15) is 0 Å². The fourth-order valence-electron chi connectivity index (χ4n) is 4.24. The van der Waals surface area contributed by atoms with E-state index in [0.29, 0.717) is 23.3 Å². The van der Waals surface area contributed by atoms with Crippen molar-refractivity contribution in [2.45, 2.75) is 20.4 Å². The SMILES string of the molecule is CCn1c(=O)c2c(C)nn(-c3cc(=O)n(C)c4ccccc34)c2c2ccccc21. The molecule has 0 aliphatic carbocycles. The molecule has 5 aromatic rings. The number of pyridine rings is 2. The molecular weight excluding hydrogens is 364 g/mol. The predicted molar refractivity (Wildman–Crippen MR) is 116 cm³/mol. The highest BCUT2D eigenvalue weighted by Gasteiger charge is 2.20. The molecule has 29 heavy (non-hydrogen) atoms. The van der Waals surface area contributed by atoms with Crippen LogP contribution in [0.1, 0.15) is 12.6 Å². The molecule has 3 aromatic heterocycles. The molecule has 0 aliphatic heterocycles. The lowest BCUT2D eigenvalue weighted by Crippen LogP contribution is -2.20. The van der Waals surface area contributed by atoms with Gasteiger partial charge in [-0.2, -0.15) is 5.10 Å². The van der Waals surface area contributed by atoms with Crippen LogP contribution in [0, 0.1) is 6.92 Å². The van der Waals surface area contributed by atoms with Gasteiger partial charge < -0.3 is 9.13 Å². The first-order valence-corrected chi connectivity index (χ1v) is 9.63. The number of hydrogen-bond acceptors (Lipinski definition) is 3. The van der Waals surface area contributed by atoms with Crippen molar-refractivity contribution in [3.63, 3.8) is 0 Å². The number of benzene rings is 2. The molecule has 2 aromatic carbocycles. The van der Waals surface area contributed by atoms with Gasteiger partial charge >= 0.3 is 0 Å². The van der Waals surface area contributed by atoms with Gasteiger partial charge in [-0.1, -0.05) is 36.4 Å². The lowest BCUT2D eigenvalue weighted by molar-refractivity contribution is 0.766. The summed E-state index contributed by atoms with van der Waals surface area (Å²) in [5.74, 6) is 0. The molecular formula is C23H20N4O2. The summed E-state index contributed by atoms with van der Waals surface area (Å²) >= 11 is 0. The molecule has 0 atom stereocenters. The van der Waals surface area contributed by atoms with Crippen LogP contribution in [0.15, 0.2) is 64.2 Å². The number of para-hydroxylation sites is 2. The Bertz CT molecular complexity index is 1550. The maximum absolute atomic E-state index is 13.3. The topological polar surface area (TPSA) is 61.8 Å². The van der Waals surface area contributed by atoms with Crippen molar-refractivity contribution in [3.8, 4) is 5.69 Å². The minimum atomic E-state index is -0.119. The highest BCUT2D eigenvalue weighted by atomic mass is 16.1. The molecule has 6 heteroatoms. The van der Waals surface area contributed by atoms with Gasteiger partial charge in [-0.05, 0) is 26.0 Å². The van der Waals surface area contributed by atoms with Crippen LogP contribution in [0.3, 0.4) is 0 Å². The lowest BCUT2D eigenvalue weighted by Gasteiger charge is -2.13. The molecule has 0 unspecified atom stereocenters. The summed E-state index contributed by atoms with van der Waals surface area (Å²) in [6, 6.07) is 17.2. The summed E-state index contributed by atoms with van der Waals surface area (Å²) in [7, 11) is 1.76. The van der Waals surface area contributed by atoms with Crippen molar-refractivity contribution in [3.05, 3.63) is 81.0 Å². The molecule has 0 spiro atoms. The molecule has 0 fully saturated rings. The second kappa shape index (κ2) is 6.17. The largest absolute Gasteiger partial charge is 0.311 e. The zero-order valence-corrected chi connectivity index (χ0v) is 16.5. The van der Waals surface area contributed by atoms with Gasteiger partial charge in [0, 0.05) is 30.4 Å². The highest BCUT2D eigenvalue weighted by Crippen LogP contribution is 2.29. The number of fused-ring (bicyclic) bond motifs is 4. The predicted octanol–water partition coefficient (Wildman–Crippen LogP) is 3.52. The van der Waals surface area contributed by atoms with Gasteiger partial charge in [-0.3, -0.25) is 9.59 Å². The van der Waals surface area contributed by atoms with Crippen molar-refractivity contribution in [2.75, 3.05) is 0 Å². The van der Waals surface area contributed by atoms with Crippen LogP contribution in [0.2, 0.25) is 0 Å². The lowest BCUT2D eigenvalue weighted by atomic mass is 10.1. The summed E-state index contributed by atoms with van der Waals surface area (Å²) in [4.78, 5) is 25.9. The molecule has 0 amide bonds. The van der Waals surface area contributed by atoms with Crippen LogP contribution in [-0.2, 0) is 13.6 Å². The third-order valence-corrected chi connectivity index (χ3v) is 5.65. The van der Waals surface area contributed by atoms with E-state index in [4.69, 9.17) is 5.10 Å². The normalized spacial score (nSPS) is 11.7. The number of aryl methyl sites for hydroxylation is 3. The molecule has 0 radical (unpaired) electrons. The molecule has 0 aliphatic rings. The Morgan fingerprint density at radius 3 is 2.31 bits per heavy atom. The van der Waals surface area contributed by atoms with E-state index in [9.17, 15) is 9.59 Å². The smallest absolute Gasteiger partial charge is 0.262 e. The average molecular weight is 384 g/mol. The van der Waals surface area contributed by atoms with E-state index in [0.717, 1.165) is 27.3 Å². The van der Waals surface area contributed by atoms with Crippen LogP contribution >= 0.6 is 0 Å². The second-order valence-electron chi connectivity index (χ2n) is 7.23. The van der Waals surface area contributed by atoms with Crippen LogP contribution in [-0.4, -0.2) is 18.9 Å². The van der Waals surface area contributed by atoms with Crippen molar-refractivity contribution in [1.82, 2.24) is 18.9 Å². The fraction of sp³-hybridized carbons (Fsp3) is 0.174. The summed E-state index contributed by atoms with van der Waals surface area (Å²) in [6.07, 6.45) is 0. The number of aromatic nitrogens is 4. The molecule has 0 saturated carbocycles. The van der Waals surface area contributed by atoms with Gasteiger partial charge in [-0.25, -0.2) is 4.68 Å². The number of nitrogens with zero attached hydrogens (tertiary/aromatic N) is 4. The average Bonchev–Trinajstić information content (AvgIpc) is 3.09. The Morgan fingerprint density at radius 2 is 1.59 bits per heavy atom. The first kappa shape index (κ1) is 17.4. The van der Waals surface area contributed by atoms with E-state index in [-0.39, 0.29) is 11.1 Å². The van der Waals surface area contributed by atoms with Crippen LogP contribution < -0.4 is 11.1 Å². The molecule has 5 rings (SSSR count). The van der Waals surface area contributed by atoms with Gasteiger partial charge in [0.25, 0.3) is 11.1 Å². The minimum Gasteiger partial charge on any atom is -0.311 e. The van der Waals surface area contributed by atoms with Crippen LogP contribution in [0.25, 0.3) is 38.4 Å². The van der Waals surface area contributed by atoms with E-state index in [1.54, 1.807) is 26.9 Å². The minimum absolute atomic E-state index is 0.0573. The molecule has 0 saturated heterocycles. The van der Waals surface area contributed by atoms with E-state index < -0.39 is 0 Å². The summed E-state index contributed by atoms with van der Waals surface area (Å²) < 4.78 is 5.16. The van der Waals surface area contributed by atoms with Crippen molar-refractivity contribution >= 4 is 32.7 Å². The van der Waals surface area contributed by atoms with Crippen molar-refractivity contribution in [2.24, 2.45) is 7.05 Å². The zero-order valence-electron chi connectivity index (χ0n) is 16.5. The van der Waals surface area contributed by atoms with E-state index in [1.165, 1.54) is 0 Å². The Morgan fingerprint density at radius 1 is 0.931 bits per heavy atom. The Balaban J connectivity index is 2.05. The summed E-state index contributed by atoms with van der Waals surface area (Å²) in [5.41, 5.74) is 3.59. The van der Waals surface area contributed by atoms with Gasteiger partial charge in [-0.15, -0.1) is 0 Å². The van der Waals surface area contributed by atoms with Gasteiger partial charge in [0.05, 0.1) is 33.3 Å².